The van der Waals surface area contributed by atoms with Crippen LogP contribution in [0.15, 0.2) is 82.2 Å². The number of nitrogens with zero attached hydrogens (tertiary/aromatic N) is 2. The van der Waals surface area contributed by atoms with E-state index in [0.29, 0.717) is 13.0 Å². The maximum Gasteiger partial charge on any atom is 0.264 e. The Morgan fingerprint density at radius 2 is 1.76 bits per heavy atom. The molecule has 0 aliphatic carbocycles. The molecule has 0 aliphatic rings. The molecule has 0 spiro atoms. The molecule has 0 fully saturated rings. The number of hydrogen-bond donors (Lipinski definition) is 1. The average Bonchev–Trinajstić information content (AvgIpc) is 2.90. The van der Waals surface area contributed by atoms with Crippen LogP contribution in [0.1, 0.15) is 25.8 Å². The number of halogens is 3. The Balaban J connectivity index is 2.03. The van der Waals surface area contributed by atoms with Gasteiger partial charge in [0, 0.05) is 17.6 Å². The molecule has 3 rings (SSSR count). The van der Waals surface area contributed by atoms with Gasteiger partial charge in [-0.25, -0.2) is 12.8 Å². The number of carbonyl (C=O) groups is 2. The lowest BCUT2D eigenvalue weighted by atomic mass is 10.1. The molecule has 0 unspecified atom stereocenters. The van der Waals surface area contributed by atoms with Crippen molar-refractivity contribution in [3.63, 3.8) is 0 Å². The molecule has 202 valence electrons. The largest absolute Gasteiger partial charge is 0.354 e. The lowest BCUT2D eigenvalue weighted by molar-refractivity contribution is -0.139. The molecule has 1 N–H and O–H groups in total. The van der Waals surface area contributed by atoms with Gasteiger partial charge >= 0.3 is 0 Å². The van der Waals surface area contributed by atoms with Gasteiger partial charge in [0.25, 0.3) is 10.0 Å². The minimum atomic E-state index is -4.26. The molecule has 3 aromatic carbocycles. The second kappa shape index (κ2) is 13.2. The molecular weight excluding hydrogens is 597 g/mol. The van der Waals surface area contributed by atoms with E-state index in [2.05, 4.69) is 21.2 Å². The van der Waals surface area contributed by atoms with Gasteiger partial charge in [-0.15, -0.1) is 0 Å². The highest BCUT2D eigenvalue weighted by Crippen LogP contribution is 2.28. The van der Waals surface area contributed by atoms with Crippen molar-refractivity contribution in [1.29, 1.82) is 0 Å². The summed E-state index contributed by atoms with van der Waals surface area (Å²) in [6, 6.07) is 17.4. The molecule has 0 saturated carbocycles. The van der Waals surface area contributed by atoms with E-state index in [1.54, 1.807) is 37.3 Å². The summed E-state index contributed by atoms with van der Waals surface area (Å²) in [6.45, 7) is 3.35. The van der Waals surface area contributed by atoms with Crippen LogP contribution in [0.2, 0.25) is 5.02 Å². The summed E-state index contributed by atoms with van der Waals surface area (Å²) in [5.41, 5.74) is 0.754. The van der Waals surface area contributed by atoms with Crippen LogP contribution in [0.4, 0.5) is 10.1 Å². The fourth-order valence-electron chi connectivity index (χ4n) is 3.70. The van der Waals surface area contributed by atoms with E-state index in [1.165, 1.54) is 23.1 Å². The summed E-state index contributed by atoms with van der Waals surface area (Å²) in [5, 5.41) is 2.50. The molecule has 0 aromatic heterocycles. The van der Waals surface area contributed by atoms with Crippen molar-refractivity contribution in [1.82, 2.24) is 10.2 Å². The van der Waals surface area contributed by atoms with Crippen molar-refractivity contribution in [3.05, 3.63) is 93.7 Å². The summed E-state index contributed by atoms with van der Waals surface area (Å²) in [5.74, 6) is -1.71. The van der Waals surface area contributed by atoms with E-state index < -0.39 is 34.3 Å². The molecule has 7 nitrogen and oxygen atoms in total. The highest BCUT2D eigenvalue weighted by molar-refractivity contribution is 9.10. The van der Waals surface area contributed by atoms with E-state index in [4.69, 9.17) is 11.6 Å². The summed E-state index contributed by atoms with van der Waals surface area (Å²) in [7, 11) is -4.26. The third kappa shape index (κ3) is 7.33. The monoisotopic (exact) mass is 623 g/mol. The van der Waals surface area contributed by atoms with Crippen LogP contribution in [0, 0.1) is 5.82 Å². The maximum atomic E-state index is 13.9. The molecule has 3 aromatic rings. The number of amides is 2. The molecule has 0 heterocycles. The number of rotatable bonds is 11. The number of anilines is 1. The van der Waals surface area contributed by atoms with Gasteiger partial charge in [0.05, 0.1) is 15.6 Å². The van der Waals surface area contributed by atoms with Gasteiger partial charge in [0.1, 0.15) is 18.4 Å². The van der Waals surface area contributed by atoms with E-state index in [9.17, 15) is 22.4 Å². The fourth-order valence-corrected chi connectivity index (χ4v) is 5.75. The number of hydrogen-bond acceptors (Lipinski definition) is 4. The minimum absolute atomic E-state index is 0.0131. The Labute approximate surface area is 235 Å². The molecule has 1 atom stereocenters. The first-order valence-electron chi connectivity index (χ1n) is 11.9. The minimum Gasteiger partial charge on any atom is -0.354 e. The van der Waals surface area contributed by atoms with Crippen LogP contribution in [0.3, 0.4) is 0 Å². The van der Waals surface area contributed by atoms with Gasteiger partial charge in [-0.1, -0.05) is 64.8 Å². The topological polar surface area (TPSA) is 86.8 Å². The number of sulfonamides is 1. The fraction of sp³-hybridized carbons (Fsp3) is 0.259. The first kappa shape index (κ1) is 29.6. The van der Waals surface area contributed by atoms with Gasteiger partial charge in [-0.3, -0.25) is 13.9 Å². The zero-order valence-corrected chi connectivity index (χ0v) is 24.1. The van der Waals surface area contributed by atoms with Crippen LogP contribution in [0.25, 0.3) is 0 Å². The van der Waals surface area contributed by atoms with Crippen molar-refractivity contribution in [3.8, 4) is 0 Å². The van der Waals surface area contributed by atoms with Gasteiger partial charge in [0.2, 0.25) is 11.8 Å². The predicted octanol–water partition coefficient (Wildman–Crippen LogP) is 5.38. The highest BCUT2D eigenvalue weighted by atomic mass is 79.9. The first-order chi connectivity index (χ1) is 18.0. The maximum absolute atomic E-state index is 13.9. The van der Waals surface area contributed by atoms with E-state index in [0.717, 1.165) is 26.5 Å². The van der Waals surface area contributed by atoms with Gasteiger partial charge in [-0.2, -0.15) is 0 Å². The van der Waals surface area contributed by atoms with Crippen LogP contribution in [-0.2, 0) is 26.2 Å². The zero-order valence-electron chi connectivity index (χ0n) is 20.9. The summed E-state index contributed by atoms with van der Waals surface area (Å²) in [6.07, 6.45) is 0.715. The van der Waals surface area contributed by atoms with E-state index in [-0.39, 0.29) is 28.1 Å². The van der Waals surface area contributed by atoms with E-state index in [1.807, 2.05) is 19.1 Å². The third-order valence-corrected chi connectivity index (χ3v) is 8.33. The normalized spacial score (nSPS) is 12.0. The summed E-state index contributed by atoms with van der Waals surface area (Å²) in [4.78, 5) is 27.9. The SMILES string of the molecule is CCCNC(=O)[C@@H](C)N(Cc1cccc(Br)c1)C(=O)CN(c1ccc(F)c(Cl)c1)S(=O)(=O)c1ccccc1. The van der Waals surface area contributed by atoms with Gasteiger partial charge in [-0.05, 0) is 61.4 Å². The van der Waals surface area contributed by atoms with Gasteiger partial charge in [0.15, 0.2) is 0 Å². The molecule has 0 bridgehead atoms. The zero-order chi connectivity index (χ0) is 27.9. The quantitative estimate of drug-likeness (QED) is 0.310. The molecule has 38 heavy (non-hydrogen) atoms. The predicted molar refractivity (Wildman–Crippen MR) is 150 cm³/mol. The average molecular weight is 625 g/mol. The Morgan fingerprint density at radius 1 is 1.05 bits per heavy atom. The Hall–Kier alpha value is -2.95. The summed E-state index contributed by atoms with van der Waals surface area (Å²) >= 11 is 9.38. The molecular formula is C27H28BrClFN3O4S. The molecule has 11 heteroatoms. The first-order valence-corrected chi connectivity index (χ1v) is 14.5. The number of nitrogens with one attached hydrogen (secondary N) is 1. The molecule has 0 aliphatic heterocycles. The Bertz CT molecular complexity index is 1390. The van der Waals surface area contributed by atoms with Crippen molar-refractivity contribution >= 4 is 55.1 Å². The molecule has 0 radical (unpaired) electrons. The van der Waals surface area contributed by atoms with Crippen molar-refractivity contribution < 1.29 is 22.4 Å². The molecule has 2 amide bonds. The highest BCUT2D eigenvalue weighted by Gasteiger charge is 2.32. The Morgan fingerprint density at radius 3 is 2.39 bits per heavy atom. The lowest BCUT2D eigenvalue weighted by Crippen LogP contribution is -2.51. The summed E-state index contributed by atoms with van der Waals surface area (Å²) < 4.78 is 42.9. The van der Waals surface area contributed by atoms with Crippen molar-refractivity contribution in [2.75, 3.05) is 17.4 Å². The molecule has 0 saturated heterocycles. The lowest BCUT2D eigenvalue weighted by Gasteiger charge is -2.32. The number of carbonyl (C=O) groups excluding carboxylic acids is 2. The van der Waals surface area contributed by atoms with Crippen LogP contribution < -0.4 is 9.62 Å². The van der Waals surface area contributed by atoms with Gasteiger partial charge < -0.3 is 10.2 Å². The Kier molecular flexibility index (Phi) is 10.3. The third-order valence-electron chi connectivity index (χ3n) is 5.76. The van der Waals surface area contributed by atoms with Crippen LogP contribution in [0.5, 0.6) is 0 Å². The van der Waals surface area contributed by atoms with Crippen LogP contribution >= 0.6 is 27.5 Å². The van der Waals surface area contributed by atoms with Crippen molar-refractivity contribution in [2.45, 2.75) is 37.8 Å². The second-order valence-electron chi connectivity index (χ2n) is 8.54. The second-order valence-corrected chi connectivity index (χ2v) is 11.7. The van der Waals surface area contributed by atoms with Crippen molar-refractivity contribution in [2.24, 2.45) is 0 Å². The standard InChI is InChI=1S/C27H28BrClFN3O4S/c1-3-14-31-27(35)19(2)32(17-20-8-7-9-21(28)15-20)26(34)18-33(22-12-13-25(30)24(29)16-22)38(36,37)23-10-5-4-6-11-23/h4-13,15-16,19H,3,14,17-18H2,1-2H3,(H,31,35)/t19-/m1/s1. The number of benzene rings is 3. The van der Waals surface area contributed by atoms with Crippen LogP contribution in [-0.4, -0.2) is 44.3 Å². The smallest absolute Gasteiger partial charge is 0.264 e. The van der Waals surface area contributed by atoms with E-state index >= 15 is 0 Å².